The van der Waals surface area contributed by atoms with E-state index >= 15 is 0 Å². The van der Waals surface area contributed by atoms with Gasteiger partial charge >= 0.3 is 0 Å². The zero-order chi connectivity index (χ0) is 18.2. The second kappa shape index (κ2) is 9.02. The van der Waals surface area contributed by atoms with Gasteiger partial charge in [-0.05, 0) is 29.5 Å². The molecule has 2 aromatic carbocycles. The van der Waals surface area contributed by atoms with Gasteiger partial charge in [0, 0.05) is 12.6 Å². The van der Waals surface area contributed by atoms with E-state index in [0.29, 0.717) is 5.92 Å². The molecule has 0 radical (unpaired) electrons. The molecule has 0 unspecified atom stereocenters. The fourth-order valence-electron chi connectivity index (χ4n) is 2.83. The second-order valence-electron chi connectivity index (χ2n) is 6.31. The largest absolute Gasteiger partial charge is 0.349 e. The van der Waals surface area contributed by atoms with Crippen molar-refractivity contribution in [3.63, 3.8) is 0 Å². The molecule has 132 valence electrons. The van der Waals surface area contributed by atoms with Crippen molar-refractivity contribution in [3.8, 4) is 0 Å². The van der Waals surface area contributed by atoms with Crippen LogP contribution in [0.4, 0.5) is 5.69 Å². The van der Waals surface area contributed by atoms with Crippen LogP contribution in [0.25, 0.3) is 0 Å². The molecule has 2 N–H and O–H groups in total. The summed E-state index contributed by atoms with van der Waals surface area (Å²) in [6.45, 7) is 5.74. The average molecular weight is 338 g/mol. The summed E-state index contributed by atoms with van der Waals surface area (Å²) in [6, 6.07) is 17.1. The average Bonchev–Trinajstić information content (AvgIpc) is 2.61. The number of carbonyl (C=O) groups is 2. The first-order chi connectivity index (χ1) is 12.0. The summed E-state index contributed by atoms with van der Waals surface area (Å²) in [5, 5.41) is 5.87. The molecule has 4 heteroatoms. The van der Waals surface area contributed by atoms with E-state index in [1.54, 1.807) is 0 Å². The van der Waals surface area contributed by atoms with Gasteiger partial charge in [0.05, 0.1) is 12.5 Å². The summed E-state index contributed by atoms with van der Waals surface area (Å²) in [5.41, 5.74) is 2.90. The van der Waals surface area contributed by atoms with Crippen LogP contribution in [0.3, 0.4) is 0 Å². The molecule has 0 aromatic heterocycles. The van der Waals surface area contributed by atoms with Gasteiger partial charge in [0.1, 0.15) is 0 Å². The van der Waals surface area contributed by atoms with Crippen LogP contribution in [0.15, 0.2) is 54.6 Å². The highest BCUT2D eigenvalue weighted by atomic mass is 16.2. The monoisotopic (exact) mass is 338 g/mol. The van der Waals surface area contributed by atoms with Gasteiger partial charge in [0.15, 0.2) is 0 Å². The van der Waals surface area contributed by atoms with Gasteiger partial charge in [-0.2, -0.15) is 0 Å². The summed E-state index contributed by atoms with van der Waals surface area (Å²) in [6.07, 6.45) is 1.20. The van der Waals surface area contributed by atoms with Crippen molar-refractivity contribution >= 4 is 17.5 Å². The van der Waals surface area contributed by atoms with Gasteiger partial charge in [-0.15, -0.1) is 0 Å². The minimum Gasteiger partial charge on any atom is -0.349 e. The summed E-state index contributed by atoms with van der Waals surface area (Å²) in [7, 11) is 0. The van der Waals surface area contributed by atoms with Crippen molar-refractivity contribution in [2.75, 3.05) is 5.32 Å². The maximum Gasteiger partial charge on any atom is 0.226 e. The van der Waals surface area contributed by atoms with Crippen LogP contribution in [0, 0.1) is 0 Å². The molecule has 2 atom stereocenters. The predicted molar refractivity (Wildman–Crippen MR) is 101 cm³/mol. The molecule has 25 heavy (non-hydrogen) atoms. The summed E-state index contributed by atoms with van der Waals surface area (Å²) in [5.74, 6) is 0.108. The lowest BCUT2D eigenvalue weighted by Crippen LogP contribution is -2.29. The minimum absolute atomic E-state index is 0.113. The standard InChI is InChI=1S/C21H26N2O2/c1-4-15(2)18-12-8-9-13-19(18)23-21(25)14-20(22-16(3)24)17-10-6-5-7-11-17/h5-13,15,20H,4,14H2,1-3H3,(H,22,24)(H,23,25)/t15-,20-/m1/s1. The van der Waals surface area contributed by atoms with Crippen molar-refractivity contribution in [2.45, 2.75) is 45.6 Å². The SMILES string of the molecule is CC[C@@H](C)c1ccccc1NC(=O)C[C@@H](NC(C)=O)c1ccccc1. The van der Waals surface area contributed by atoms with Gasteiger partial charge in [-0.1, -0.05) is 62.4 Å². The number of anilines is 1. The van der Waals surface area contributed by atoms with Gasteiger partial charge in [-0.25, -0.2) is 0 Å². The van der Waals surface area contributed by atoms with E-state index in [1.807, 2.05) is 54.6 Å². The summed E-state index contributed by atoms with van der Waals surface area (Å²) < 4.78 is 0. The molecule has 0 fully saturated rings. The van der Waals surface area contributed by atoms with Crippen molar-refractivity contribution < 1.29 is 9.59 Å². The van der Waals surface area contributed by atoms with Crippen LogP contribution in [0.5, 0.6) is 0 Å². The first-order valence-electron chi connectivity index (χ1n) is 8.72. The van der Waals surface area contributed by atoms with Gasteiger partial charge in [-0.3, -0.25) is 9.59 Å². The Kier molecular flexibility index (Phi) is 6.75. The highest BCUT2D eigenvalue weighted by Gasteiger charge is 2.18. The maximum absolute atomic E-state index is 12.6. The fraction of sp³-hybridized carbons (Fsp3) is 0.333. The Morgan fingerprint density at radius 3 is 2.28 bits per heavy atom. The topological polar surface area (TPSA) is 58.2 Å². The van der Waals surface area contributed by atoms with Gasteiger partial charge in [0.2, 0.25) is 11.8 Å². The number of amides is 2. The van der Waals surface area contributed by atoms with Crippen molar-refractivity contribution in [3.05, 3.63) is 65.7 Å². The number of rotatable bonds is 7. The van der Waals surface area contributed by atoms with E-state index in [0.717, 1.165) is 23.2 Å². The first-order valence-corrected chi connectivity index (χ1v) is 8.72. The highest BCUT2D eigenvalue weighted by molar-refractivity contribution is 5.92. The van der Waals surface area contributed by atoms with E-state index in [4.69, 9.17) is 0 Å². The minimum atomic E-state index is -0.338. The molecule has 0 bridgehead atoms. The normalized spacial score (nSPS) is 12.9. The lowest BCUT2D eigenvalue weighted by molar-refractivity contribution is -0.120. The maximum atomic E-state index is 12.6. The van der Waals surface area contributed by atoms with Crippen molar-refractivity contribution in [1.29, 1.82) is 0 Å². The van der Waals surface area contributed by atoms with Crippen LogP contribution < -0.4 is 10.6 Å². The Hall–Kier alpha value is -2.62. The molecule has 0 saturated heterocycles. The van der Waals surface area contributed by atoms with E-state index in [9.17, 15) is 9.59 Å². The molecule has 2 amide bonds. The molecule has 0 aliphatic carbocycles. The fourth-order valence-corrected chi connectivity index (χ4v) is 2.83. The molecular weight excluding hydrogens is 312 g/mol. The lowest BCUT2D eigenvalue weighted by atomic mass is 9.96. The summed E-state index contributed by atoms with van der Waals surface area (Å²) >= 11 is 0. The molecule has 0 aliphatic rings. The highest BCUT2D eigenvalue weighted by Crippen LogP contribution is 2.27. The molecule has 2 rings (SSSR count). The number of benzene rings is 2. The molecule has 0 saturated carbocycles. The summed E-state index contributed by atoms with van der Waals surface area (Å²) in [4.78, 5) is 24.1. The molecule has 4 nitrogen and oxygen atoms in total. The number of carbonyl (C=O) groups excluding carboxylic acids is 2. The van der Waals surface area contributed by atoms with Crippen LogP contribution in [-0.4, -0.2) is 11.8 Å². The smallest absolute Gasteiger partial charge is 0.226 e. The van der Waals surface area contributed by atoms with Crippen LogP contribution in [0.2, 0.25) is 0 Å². The molecule has 0 aliphatic heterocycles. The Balaban J connectivity index is 2.13. The number of para-hydroxylation sites is 1. The second-order valence-corrected chi connectivity index (χ2v) is 6.31. The van der Waals surface area contributed by atoms with Crippen molar-refractivity contribution in [2.24, 2.45) is 0 Å². The first kappa shape index (κ1) is 18.7. The van der Waals surface area contributed by atoms with Crippen molar-refractivity contribution in [1.82, 2.24) is 5.32 Å². The third kappa shape index (κ3) is 5.45. The Morgan fingerprint density at radius 2 is 1.64 bits per heavy atom. The van der Waals surface area contributed by atoms with Crippen LogP contribution in [0.1, 0.15) is 56.7 Å². The zero-order valence-corrected chi connectivity index (χ0v) is 15.1. The Morgan fingerprint density at radius 1 is 1.00 bits per heavy atom. The van der Waals surface area contributed by atoms with E-state index < -0.39 is 0 Å². The number of hydrogen-bond acceptors (Lipinski definition) is 2. The third-order valence-electron chi connectivity index (χ3n) is 4.35. The van der Waals surface area contributed by atoms with E-state index in [2.05, 4.69) is 24.5 Å². The quantitative estimate of drug-likeness (QED) is 0.786. The Labute approximate surface area is 149 Å². The van der Waals surface area contributed by atoms with E-state index in [-0.39, 0.29) is 24.3 Å². The van der Waals surface area contributed by atoms with Crippen LogP contribution >= 0.6 is 0 Å². The predicted octanol–water partition coefficient (Wildman–Crippen LogP) is 4.41. The Bertz CT molecular complexity index is 713. The van der Waals surface area contributed by atoms with Gasteiger partial charge < -0.3 is 10.6 Å². The number of hydrogen-bond donors (Lipinski definition) is 2. The molecule has 0 heterocycles. The zero-order valence-electron chi connectivity index (χ0n) is 15.1. The number of nitrogens with one attached hydrogen (secondary N) is 2. The molecular formula is C21H26N2O2. The molecule has 0 spiro atoms. The van der Waals surface area contributed by atoms with E-state index in [1.165, 1.54) is 6.92 Å². The third-order valence-corrected chi connectivity index (χ3v) is 4.35. The van der Waals surface area contributed by atoms with Crippen LogP contribution in [-0.2, 0) is 9.59 Å². The lowest BCUT2D eigenvalue weighted by Gasteiger charge is -2.20. The van der Waals surface area contributed by atoms with Gasteiger partial charge in [0.25, 0.3) is 0 Å². The molecule has 2 aromatic rings.